The van der Waals surface area contributed by atoms with E-state index in [0.717, 1.165) is 24.6 Å². The Morgan fingerprint density at radius 3 is 2.78 bits per heavy atom. The van der Waals surface area contributed by atoms with Crippen molar-refractivity contribution in [2.45, 2.75) is 38.5 Å². The Morgan fingerprint density at radius 1 is 1.07 bits per heavy atom. The number of likely N-dealkylation sites (tertiary alicyclic amines) is 1. The molecule has 1 saturated heterocycles. The van der Waals surface area contributed by atoms with E-state index in [1.165, 1.54) is 43.6 Å². The molecule has 0 aliphatic carbocycles. The van der Waals surface area contributed by atoms with Gasteiger partial charge >= 0.3 is 0 Å². The van der Waals surface area contributed by atoms with Crippen LogP contribution in [-0.4, -0.2) is 39.1 Å². The maximum atomic E-state index is 4.96. The van der Waals surface area contributed by atoms with Gasteiger partial charge in [-0.05, 0) is 63.4 Å². The van der Waals surface area contributed by atoms with E-state index >= 15 is 0 Å². The van der Waals surface area contributed by atoms with Crippen LogP contribution in [0.1, 0.15) is 42.3 Å². The fourth-order valence-corrected chi connectivity index (χ4v) is 4.07. The van der Waals surface area contributed by atoms with Crippen molar-refractivity contribution in [3.63, 3.8) is 0 Å². The number of pyridine rings is 1. The topological polar surface area (TPSA) is 34.0 Å². The van der Waals surface area contributed by atoms with E-state index in [1.807, 2.05) is 19.3 Å². The zero-order valence-electron chi connectivity index (χ0n) is 16.1. The highest BCUT2D eigenvalue weighted by Gasteiger charge is 2.22. The molecule has 4 nitrogen and oxygen atoms in total. The highest BCUT2D eigenvalue weighted by molar-refractivity contribution is 5.28. The van der Waals surface area contributed by atoms with Crippen molar-refractivity contribution in [2.75, 3.05) is 19.6 Å². The molecule has 140 valence electrons. The summed E-state index contributed by atoms with van der Waals surface area (Å²) in [6.45, 7) is 5.52. The lowest BCUT2D eigenvalue weighted by atomic mass is 9.94. The number of rotatable bonds is 6. The SMILES string of the molecule is Cc1nccn1-c1cccc([C@@H]2CCCN(CCCc3ccccc3)C2)n1. The normalized spacial score (nSPS) is 17.9. The van der Waals surface area contributed by atoms with Crippen LogP contribution in [-0.2, 0) is 6.42 Å². The zero-order valence-corrected chi connectivity index (χ0v) is 16.1. The van der Waals surface area contributed by atoms with Gasteiger partial charge in [0.05, 0.1) is 0 Å². The molecule has 0 radical (unpaired) electrons. The second-order valence-electron chi connectivity index (χ2n) is 7.49. The van der Waals surface area contributed by atoms with E-state index in [2.05, 4.69) is 63.0 Å². The first-order valence-corrected chi connectivity index (χ1v) is 10.0. The predicted octanol–water partition coefficient (Wildman–Crippen LogP) is 4.39. The van der Waals surface area contributed by atoms with Crippen LogP contribution in [0.25, 0.3) is 5.82 Å². The van der Waals surface area contributed by atoms with E-state index in [1.54, 1.807) is 0 Å². The number of imidazole rings is 1. The minimum atomic E-state index is 0.527. The van der Waals surface area contributed by atoms with Crippen LogP contribution in [0.4, 0.5) is 0 Å². The van der Waals surface area contributed by atoms with Crippen molar-refractivity contribution in [3.8, 4) is 5.82 Å². The van der Waals surface area contributed by atoms with Gasteiger partial charge in [0.15, 0.2) is 0 Å². The molecule has 27 heavy (non-hydrogen) atoms. The minimum absolute atomic E-state index is 0.527. The summed E-state index contributed by atoms with van der Waals surface area (Å²) in [5, 5.41) is 0. The van der Waals surface area contributed by atoms with Crippen LogP contribution >= 0.6 is 0 Å². The molecule has 3 heterocycles. The summed E-state index contributed by atoms with van der Waals surface area (Å²) in [5.41, 5.74) is 2.66. The summed E-state index contributed by atoms with van der Waals surface area (Å²) >= 11 is 0. The summed E-state index contributed by atoms with van der Waals surface area (Å²) in [5.74, 6) is 2.48. The first-order chi connectivity index (χ1) is 13.3. The fraction of sp³-hybridized carbons (Fsp3) is 0.391. The standard InChI is InChI=1S/C23H28N4/c1-19-24-14-17-27(19)23-13-5-12-22(25-23)21-11-7-16-26(18-21)15-6-10-20-8-3-2-4-9-20/h2-5,8-9,12-14,17,21H,6-7,10-11,15-16,18H2,1H3/t21-/m1/s1. The number of aromatic nitrogens is 3. The maximum absolute atomic E-state index is 4.96. The van der Waals surface area contributed by atoms with Crippen molar-refractivity contribution in [1.82, 2.24) is 19.4 Å². The summed E-state index contributed by atoms with van der Waals surface area (Å²) in [7, 11) is 0. The van der Waals surface area contributed by atoms with Gasteiger partial charge in [-0.1, -0.05) is 36.4 Å². The second kappa shape index (κ2) is 8.49. The number of nitrogens with zero attached hydrogens (tertiary/aromatic N) is 4. The molecule has 4 rings (SSSR count). The molecule has 1 fully saturated rings. The van der Waals surface area contributed by atoms with Gasteiger partial charge in [-0.15, -0.1) is 0 Å². The third-order valence-corrected chi connectivity index (χ3v) is 5.53. The summed E-state index contributed by atoms with van der Waals surface area (Å²) in [6.07, 6.45) is 8.69. The Bertz CT molecular complexity index is 856. The molecular weight excluding hydrogens is 332 g/mol. The Balaban J connectivity index is 1.37. The van der Waals surface area contributed by atoms with E-state index in [4.69, 9.17) is 4.98 Å². The molecule has 0 unspecified atom stereocenters. The Hall–Kier alpha value is -2.46. The first kappa shape index (κ1) is 17.9. The van der Waals surface area contributed by atoms with Crippen molar-refractivity contribution in [2.24, 2.45) is 0 Å². The van der Waals surface area contributed by atoms with Crippen LogP contribution in [0.5, 0.6) is 0 Å². The molecule has 0 N–H and O–H groups in total. The maximum Gasteiger partial charge on any atom is 0.138 e. The molecule has 1 aliphatic rings. The van der Waals surface area contributed by atoms with Crippen LogP contribution < -0.4 is 0 Å². The average molecular weight is 361 g/mol. The van der Waals surface area contributed by atoms with Crippen molar-refractivity contribution < 1.29 is 0 Å². The third-order valence-electron chi connectivity index (χ3n) is 5.53. The quantitative estimate of drug-likeness (QED) is 0.654. The zero-order chi connectivity index (χ0) is 18.5. The lowest BCUT2D eigenvalue weighted by molar-refractivity contribution is 0.204. The molecule has 1 aromatic carbocycles. The molecule has 2 aromatic heterocycles. The molecule has 4 heteroatoms. The number of piperidine rings is 1. The van der Waals surface area contributed by atoms with Gasteiger partial charge in [-0.2, -0.15) is 0 Å². The summed E-state index contributed by atoms with van der Waals surface area (Å²) < 4.78 is 2.06. The molecule has 1 atom stereocenters. The van der Waals surface area contributed by atoms with Gasteiger partial charge in [0.25, 0.3) is 0 Å². The number of aryl methyl sites for hydroxylation is 2. The van der Waals surface area contributed by atoms with E-state index in [9.17, 15) is 0 Å². The monoisotopic (exact) mass is 360 g/mol. The van der Waals surface area contributed by atoms with Gasteiger partial charge in [0.1, 0.15) is 11.6 Å². The molecule has 0 amide bonds. The molecule has 3 aromatic rings. The van der Waals surface area contributed by atoms with Crippen LogP contribution in [0.3, 0.4) is 0 Å². The predicted molar refractivity (Wildman–Crippen MR) is 109 cm³/mol. The second-order valence-corrected chi connectivity index (χ2v) is 7.49. The van der Waals surface area contributed by atoms with E-state index in [0.29, 0.717) is 5.92 Å². The number of hydrogen-bond acceptors (Lipinski definition) is 3. The van der Waals surface area contributed by atoms with Crippen LogP contribution in [0.15, 0.2) is 60.9 Å². The molecule has 1 aliphatic heterocycles. The fourth-order valence-electron chi connectivity index (χ4n) is 4.07. The molecular formula is C23H28N4. The summed E-state index contributed by atoms with van der Waals surface area (Å²) in [6, 6.07) is 17.2. The Kier molecular flexibility index (Phi) is 5.64. The summed E-state index contributed by atoms with van der Waals surface area (Å²) in [4.78, 5) is 11.9. The van der Waals surface area contributed by atoms with Gasteiger partial charge in [0.2, 0.25) is 0 Å². The molecule has 0 spiro atoms. The third kappa shape index (κ3) is 4.45. The van der Waals surface area contributed by atoms with Crippen molar-refractivity contribution >= 4 is 0 Å². The highest BCUT2D eigenvalue weighted by Crippen LogP contribution is 2.26. The van der Waals surface area contributed by atoms with E-state index in [-0.39, 0.29) is 0 Å². The van der Waals surface area contributed by atoms with Crippen molar-refractivity contribution in [1.29, 1.82) is 0 Å². The Morgan fingerprint density at radius 2 is 1.96 bits per heavy atom. The lowest BCUT2D eigenvalue weighted by Gasteiger charge is -2.32. The van der Waals surface area contributed by atoms with Gasteiger partial charge < -0.3 is 4.90 Å². The Labute approximate surface area is 161 Å². The molecule has 0 saturated carbocycles. The minimum Gasteiger partial charge on any atom is -0.303 e. The van der Waals surface area contributed by atoms with Crippen LogP contribution in [0.2, 0.25) is 0 Å². The van der Waals surface area contributed by atoms with Gasteiger partial charge in [-0.3, -0.25) is 4.57 Å². The van der Waals surface area contributed by atoms with Gasteiger partial charge in [-0.25, -0.2) is 9.97 Å². The number of hydrogen-bond donors (Lipinski definition) is 0. The lowest BCUT2D eigenvalue weighted by Crippen LogP contribution is -2.35. The van der Waals surface area contributed by atoms with Crippen molar-refractivity contribution in [3.05, 3.63) is 78.0 Å². The average Bonchev–Trinajstić information content (AvgIpc) is 3.15. The number of benzene rings is 1. The largest absolute Gasteiger partial charge is 0.303 e. The first-order valence-electron chi connectivity index (χ1n) is 10.0. The molecule has 0 bridgehead atoms. The smallest absolute Gasteiger partial charge is 0.138 e. The highest BCUT2D eigenvalue weighted by atomic mass is 15.1. The van der Waals surface area contributed by atoms with E-state index < -0.39 is 0 Å². The van der Waals surface area contributed by atoms with Crippen LogP contribution in [0, 0.1) is 6.92 Å². The van der Waals surface area contributed by atoms with Gasteiger partial charge in [0, 0.05) is 30.6 Å².